The molecular weight excluding hydrogens is 1060 g/mol. The average Bonchev–Trinajstić information content (AvgIpc) is 3.57. The minimum atomic E-state index is -0.608. The molecule has 4 aromatic carbocycles. The Labute approximate surface area is 486 Å². The number of rotatable bonds is 19. The quantitative estimate of drug-likeness (QED) is 0.0866. The number of hydrogen-bond acceptors (Lipinski definition) is 12. The third-order valence-corrected chi connectivity index (χ3v) is 17.9. The molecule has 5 fully saturated rings. The van der Waals surface area contributed by atoms with E-state index in [0.29, 0.717) is 112 Å². The van der Waals surface area contributed by atoms with Gasteiger partial charge in [-0.05, 0) is 124 Å². The lowest BCUT2D eigenvalue weighted by Crippen LogP contribution is -2.57. The Morgan fingerprint density at radius 2 is 1.40 bits per heavy atom. The molecule has 1 aliphatic carbocycles. The minimum Gasteiger partial charge on any atom is -0.497 e. The summed E-state index contributed by atoms with van der Waals surface area (Å²) < 4.78 is 26.3. The summed E-state index contributed by atoms with van der Waals surface area (Å²) in [6.07, 6.45) is 9.05. The molecule has 1 atom stereocenters. The van der Waals surface area contributed by atoms with Crippen molar-refractivity contribution in [3.63, 3.8) is 0 Å². The van der Waals surface area contributed by atoms with Crippen LogP contribution in [0.2, 0.25) is 0 Å². The number of hydrogen-bond donors (Lipinski definition) is 3. The number of fused-ring (bicyclic) bond motifs is 1. The van der Waals surface area contributed by atoms with E-state index in [9.17, 15) is 28.8 Å². The van der Waals surface area contributed by atoms with E-state index < -0.39 is 17.8 Å². The standard InChI is InChI=1S/C64H81FN10O8/c1-3-83-57-39-51(82-2)19-18-50(57)40-66-41-58(76)72-27-23-47(24-28-72)46-14-16-49(17-15-46)61(78)67-60(48-9-5-4-6-10-48)64(81)75-31-29-71(30-32-75)42-44-21-25-70(26-22-44)43-59(77)73-33-35-74(36-34-73)63(80)54-37-45(13-20-55(54)65)38-56-52-11-7-8-12-53(52)62(79)69-68-56/h7-8,11-20,37,39,44,47-48,60,66H,3-6,9-10,21-36,38,40-43H2,1-2H3,(H,67,78)(H,69,79)/t60-/m1/s1. The first-order chi connectivity index (χ1) is 40.4. The van der Waals surface area contributed by atoms with Gasteiger partial charge >= 0.3 is 0 Å². The van der Waals surface area contributed by atoms with E-state index in [4.69, 9.17) is 9.47 Å². The first-order valence-electron chi connectivity index (χ1n) is 30.2. The van der Waals surface area contributed by atoms with E-state index in [1.165, 1.54) is 6.07 Å². The smallest absolute Gasteiger partial charge is 0.272 e. The topological polar surface area (TPSA) is 193 Å². The Morgan fingerprint density at radius 1 is 0.711 bits per heavy atom. The van der Waals surface area contributed by atoms with Crippen LogP contribution in [0.4, 0.5) is 4.39 Å². The van der Waals surface area contributed by atoms with Gasteiger partial charge in [-0.1, -0.05) is 61.7 Å². The van der Waals surface area contributed by atoms with Crippen molar-refractivity contribution in [3.05, 3.63) is 135 Å². The summed E-state index contributed by atoms with van der Waals surface area (Å²) in [4.78, 5) is 93.0. The van der Waals surface area contributed by atoms with Crippen molar-refractivity contribution >= 4 is 40.3 Å². The molecule has 3 N–H and O–H groups in total. The molecule has 442 valence electrons. The number of aromatic nitrogens is 2. The van der Waals surface area contributed by atoms with Crippen LogP contribution in [-0.4, -0.2) is 187 Å². The molecule has 83 heavy (non-hydrogen) atoms. The van der Waals surface area contributed by atoms with Gasteiger partial charge in [-0.25, -0.2) is 9.49 Å². The number of piperidine rings is 2. The van der Waals surface area contributed by atoms with Crippen LogP contribution in [0.15, 0.2) is 89.7 Å². The highest BCUT2D eigenvalue weighted by Gasteiger charge is 2.37. The molecule has 0 radical (unpaired) electrons. The number of nitrogens with zero attached hydrogens (tertiary/aromatic N) is 7. The molecule has 5 aromatic rings. The largest absolute Gasteiger partial charge is 0.497 e. The van der Waals surface area contributed by atoms with Gasteiger partial charge in [0.05, 0.1) is 43.4 Å². The highest BCUT2D eigenvalue weighted by atomic mass is 19.1. The summed E-state index contributed by atoms with van der Waals surface area (Å²) in [5.74, 6) is 1.23. The van der Waals surface area contributed by atoms with Gasteiger partial charge in [-0.15, -0.1) is 0 Å². The molecule has 19 heteroatoms. The molecule has 5 heterocycles. The molecule has 4 aliphatic heterocycles. The zero-order chi connectivity index (χ0) is 57.8. The molecule has 10 rings (SSSR count). The Bertz CT molecular complexity index is 3120. The van der Waals surface area contributed by atoms with Gasteiger partial charge in [-0.2, -0.15) is 5.10 Å². The van der Waals surface area contributed by atoms with Gasteiger partial charge in [0.1, 0.15) is 23.4 Å². The maximum atomic E-state index is 15.2. The van der Waals surface area contributed by atoms with Crippen LogP contribution < -0.4 is 25.7 Å². The fourth-order valence-electron chi connectivity index (χ4n) is 13.0. The lowest BCUT2D eigenvalue weighted by atomic mass is 9.83. The van der Waals surface area contributed by atoms with E-state index in [0.717, 1.165) is 113 Å². The number of ether oxygens (including phenoxy) is 2. The number of nitrogens with one attached hydrogen (secondary N) is 3. The number of amides is 5. The number of halogens is 1. The molecule has 0 spiro atoms. The van der Waals surface area contributed by atoms with Gasteiger partial charge in [0.2, 0.25) is 17.7 Å². The second kappa shape index (κ2) is 27.9. The van der Waals surface area contributed by atoms with Crippen molar-refractivity contribution < 1.29 is 37.8 Å². The number of carbonyl (C=O) groups is 5. The van der Waals surface area contributed by atoms with Gasteiger partial charge in [0.25, 0.3) is 17.4 Å². The lowest BCUT2D eigenvalue weighted by Gasteiger charge is -2.41. The van der Waals surface area contributed by atoms with Crippen LogP contribution in [-0.2, 0) is 27.3 Å². The molecule has 18 nitrogen and oxygen atoms in total. The third kappa shape index (κ3) is 14.8. The van der Waals surface area contributed by atoms with Crippen molar-refractivity contribution in [2.75, 3.05) is 112 Å². The minimum absolute atomic E-state index is 0.0197. The normalized spacial score (nSPS) is 18.5. The number of H-pyrrole nitrogens is 1. The highest BCUT2D eigenvalue weighted by Crippen LogP contribution is 2.31. The fourth-order valence-corrected chi connectivity index (χ4v) is 13.0. The Morgan fingerprint density at radius 3 is 2.11 bits per heavy atom. The van der Waals surface area contributed by atoms with E-state index >= 15 is 4.39 Å². The van der Waals surface area contributed by atoms with E-state index in [1.54, 1.807) is 41.2 Å². The number of methoxy groups -OCH3 is 1. The van der Waals surface area contributed by atoms with E-state index in [1.807, 2.05) is 71.3 Å². The van der Waals surface area contributed by atoms with Crippen LogP contribution in [0.25, 0.3) is 10.8 Å². The van der Waals surface area contributed by atoms with E-state index in [2.05, 4.69) is 30.6 Å². The van der Waals surface area contributed by atoms with Gasteiger partial charge in [0, 0.05) is 108 Å². The van der Waals surface area contributed by atoms with Crippen molar-refractivity contribution in [1.29, 1.82) is 0 Å². The number of piperazine rings is 2. The Balaban J connectivity index is 0.629. The molecular formula is C64H81FN10O8. The van der Waals surface area contributed by atoms with Crippen LogP contribution in [0.1, 0.15) is 114 Å². The first-order valence-corrected chi connectivity index (χ1v) is 30.2. The molecule has 1 aromatic heterocycles. The van der Waals surface area contributed by atoms with Gasteiger partial charge < -0.3 is 39.7 Å². The summed E-state index contributed by atoms with van der Waals surface area (Å²) in [5, 5.41) is 14.5. The molecule has 1 saturated carbocycles. The highest BCUT2D eigenvalue weighted by molar-refractivity contribution is 5.98. The lowest BCUT2D eigenvalue weighted by molar-refractivity contribution is -0.137. The first kappa shape index (κ1) is 59.0. The number of benzene rings is 4. The molecule has 0 unspecified atom stereocenters. The second-order valence-electron chi connectivity index (χ2n) is 23.2. The summed E-state index contributed by atoms with van der Waals surface area (Å²) in [5.41, 5.74) is 3.68. The summed E-state index contributed by atoms with van der Waals surface area (Å²) in [7, 11) is 1.63. The Hall–Kier alpha value is -7.22. The number of carbonyl (C=O) groups excluding carboxylic acids is 5. The maximum absolute atomic E-state index is 15.2. The summed E-state index contributed by atoms with van der Waals surface area (Å²) in [6, 6.07) is 24.6. The third-order valence-electron chi connectivity index (χ3n) is 17.9. The molecule has 5 amide bonds. The number of likely N-dealkylation sites (tertiary alicyclic amines) is 2. The average molecular weight is 1140 g/mol. The molecule has 4 saturated heterocycles. The monoisotopic (exact) mass is 1140 g/mol. The maximum Gasteiger partial charge on any atom is 0.272 e. The zero-order valence-electron chi connectivity index (χ0n) is 48.3. The van der Waals surface area contributed by atoms with Gasteiger partial charge in [0.15, 0.2) is 0 Å². The molecule has 0 bridgehead atoms. The van der Waals surface area contributed by atoms with Crippen molar-refractivity contribution in [1.82, 2.24) is 50.2 Å². The Kier molecular flexibility index (Phi) is 19.8. The van der Waals surface area contributed by atoms with Crippen LogP contribution >= 0.6 is 0 Å². The predicted molar refractivity (Wildman–Crippen MR) is 315 cm³/mol. The summed E-state index contributed by atoms with van der Waals surface area (Å²) in [6.45, 7) is 11.6. The second-order valence-corrected chi connectivity index (χ2v) is 23.2. The fraction of sp³-hybridized carbons (Fsp3) is 0.516. The molecule has 5 aliphatic rings. The SMILES string of the molecule is CCOc1cc(OC)ccc1CNCC(=O)N1CCC(c2ccc(C(=O)N[C@@H](C(=O)N3CCN(CC4CCN(CC(=O)N5CCN(C(=O)c6cc(Cc7n[nH]c(=O)c8ccccc78)ccc6F)CC5)CC4)CC3)C3CCCCC3)cc2)CC1. The van der Waals surface area contributed by atoms with Crippen LogP contribution in [0.5, 0.6) is 11.5 Å². The van der Waals surface area contributed by atoms with Crippen LogP contribution in [0.3, 0.4) is 0 Å². The zero-order valence-corrected chi connectivity index (χ0v) is 48.3. The van der Waals surface area contributed by atoms with Crippen LogP contribution in [0, 0.1) is 17.7 Å². The summed E-state index contributed by atoms with van der Waals surface area (Å²) >= 11 is 0. The number of aromatic amines is 1. The van der Waals surface area contributed by atoms with Gasteiger partial charge in [-0.3, -0.25) is 38.6 Å². The van der Waals surface area contributed by atoms with Crippen molar-refractivity contribution in [2.45, 2.75) is 89.6 Å². The van der Waals surface area contributed by atoms with Crippen molar-refractivity contribution in [3.8, 4) is 11.5 Å². The van der Waals surface area contributed by atoms with Crippen molar-refractivity contribution in [2.24, 2.45) is 11.8 Å². The van der Waals surface area contributed by atoms with E-state index in [-0.39, 0.29) is 53.1 Å². The predicted octanol–water partition coefficient (Wildman–Crippen LogP) is 6.08.